The standard InChI is InChI=1S/C11H17N3O3/c15-9(7-8-1-4-12-5-2-8)11(16)13-10-3-6-17-14-10/h3,6,8-9,12,15H,1-2,4-5,7H2,(H,13,14,16). The van der Waals surface area contributed by atoms with Gasteiger partial charge in [0.1, 0.15) is 12.4 Å². The lowest BCUT2D eigenvalue weighted by Crippen LogP contribution is -2.34. The Morgan fingerprint density at radius 2 is 2.41 bits per heavy atom. The van der Waals surface area contributed by atoms with Crippen molar-refractivity contribution in [3.63, 3.8) is 0 Å². The molecule has 2 heterocycles. The molecule has 6 heteroatoms. The largest absolute Gasteiger partial charge is 0.383 e. The van der Waals surface area contributed by atoms with Gasteiger partial charge >= 0.3 is 0 Å². The molecule has 1 aromatic heterocycles. The van der Waals surface area contributed by atoms with Gasteiger partial charge in [0.25, 0.3) is 5.91 Å². The average molecular weight is 239 g/mol. The van der Waals surface area contributed by atoms with Gasteiger partial charge in [0, 0.05) is 6.07 Å². The number of nitrogens with zero attached hydrogens (tertiary/aromatic N) is 1. The Labute approximate surface area is 99.4 Å². The van der Waals surface area contributed by atoms with Crippen LogP contribution >= 0.6 is 0 Å². The molecule has 17 heavy (non-hydrogen) atoms. The molecule has 1 aliphatic rings. The molecular formula is C11H17N3O3. The molecule has 0 aromatic carbocycles. The molecule has 1 saturated heterocycles. The summed E-state index contributed by atoms with van der Waals surface area (Å²) in [6.07, 6.45) is 2.91. The van der Waals surface area contributed by atoms with Crippen molar-refractivity contribution in [2.24, 2.45) is 5.92 Å². The van der Waals surface area contributed by atoms with Crippen LogP contribution in [0.15, 0.2) is 16.9 Å². The van der Waals surface area contributed by atoms with Crippen LogP contribution in [-0.2, 0) is 4.79 Å². The molecule has 0 aliphatic carbocycles. The number of hydrogen-bond acceptors (Lipinski definition) is 5. The summed E-state index contributed by atoms with van der Waals surface area (Å²) in [4.78, 5) is 11.6. The predicted molar refractivity (Wildman–Crippen MR) is 61.4 cm³/mol. The highest BCUT2D eigenvalue weighted by Crippen LogP contribution is 2.18. The third kappa shape index (κ3) is 3.54. The number of aliphatic hydroxyl groups is 1. The molecule has 1 unspecified atom stereocenters. The first-order chi connectivity index (χ1) is 8.25. The van der Waals surface area contributed by atoms with Crippen LogP contribution in [-0.4, -0.2) is 35.4 Å². The number of nitrogens with one attached hydrogen (secondary N) is 2. The van der Waals surface area contributed by atoms with Gasteiger partial charge in [-0.2, -0.15) is 0 Å². The van der Waals surface area contributed by atoms with Gasteiger partial charge in [0.05, 0.1) is 0 Å². The van der Waals surface area contributed by atoms with Crippen molar-refractivity contribution in [2.75, 3.05) is 18.4 Å². The van der Waals surface area contributed by atoms with Crippen LogP contribution in [0.3, 0.4) is 0 Å². The second kappa shape index (κ2) is 5.79. The number of aromatic nitrogens is 1. The zero-order valence-corrected chi connectivity index (χ0v) is 9.56. The van der Waals surface area contributed by atoms with E-state index in [2.05, 4.69) is 20.3 Å². The molecule has 1 amide bonds. The quantitative estimate of drug-likeness (QED) is 0.706. The summed E-state index contributed by atoms with van der Waals surface area (Å²) >= 11 is 0. The second-order valence-electron chi connectivity index (χ2n) is 4.32. The molecule has 1 fully saturated rings. The fourth-order valence-corrected chi connectivity index (χ4v) is 2.03. The first-order valence-electron chi connectivity index (χ1n) is 5.85. The van der Waals surface area contributed by atoms with Gasteiger partial charge in [-0.15, -0.1) is 0 Å². The molecule has 1 atom stereocenters. The van der Waals surface area contributed by atoms with E-state index in [-0.39, 0.29) is 0 Å². The van der Waals surface area contributed by atoms with Gasteiger partial charge in [-0.1, -0.05) is 5.16 Å². The lowest BCUT2D eigenvalue weighted by Gasteiger charge is -2.24. The minimum absolute atomic E-state index is 0.333. The minimum Gasteiger partial charge on any atom is -0.383 e. The van der Waals surface area contributed by atoms with E-state index in [1.165, 1.54) is 12.3 Å². The van der Waals surface area contributed by atoms with Gasteiger partial charge in [-0.3, -0.25) is 4.79 Å². The van der Waals surface area contributed by atoms with Crippen LogP contribution in [0.2, 0.25) is 0 Å². The van der Waals surface area contributed by atoms with Crippen molar-refractivity contribution < 1.29 is 14.4 Å². The van der Waals surface area contributed by atoms with Crippen LogP contribution in [0, 0.1) is 5.92 Å². The first-order valence-corrected chi connectivity index (χ1v) is 5.85. The van der Waals surface area contributed by atoms with Crippen LogP contribution in [0.25, 0.3) is 0 Å². The van der Waals surface area contributed by atoms with E-state index >= 15 is 0 Å². The normalized spacial score (nSPS) is 18.9. The molecule has 1 aromatic rings. The number of carbonyl (C=O) groups excluding carboxylic acids is 1. The van der Waals surface area contributed by atoms with Crippen molar-refractivity contribution in [1.82, 2.24) is 10.5 Å². The second-order valence-corrected chi connectivity index (χ2v) is 4.32. The van der Waals surface area contributed by atoms with Crippen molar-refractivity contribution in [3.8, 4) is 0 Å². The number of rotatable bonds is 4. The van der Waals surface area contributed by atoms with E-state index in [4.69, 9.17) is 0 Å². The Bertz CT molecular complexity index is 347. The van der Waals surface area contributed by atoms with Crippen LogP contribution < -0.4 is 10.6 Å². The summed E-state index contributed by atoms with van der Waals surface area (Å²) in [6.45, 7) is 1.92. The first kappa shape index (κ1) is 12.1. The Hall–Kier alpha value is -1.40. The van der Waals surface area contributed by atoms with E-state index < -0.39 is 12.0 Å². The molecule has 1 aliphatic heterocycles. The molecule has 0 spiro atoms. The maximum atomic E-state index is 11.6. The smallest absolute Gasteiger partial charge is 0.254 e. The highest BCUT2D eigenvalue weighted by atomic mass is 16.5. The summed E-state index contributed by atoms with van der Waals surface area (Å²) in [7, 11) is 0. The van der Waals surface area contributed by atoms with E-state index in [1.54, 1.807) is 0 Å². The fourth-order valence-electron chi connectivity index (χ4n) is 2.03. The summed E-state index contributed by atoms with van der Waals surface area (Å²) < 4.78 is 4.59. The Morgan fingerprint density at radius 3 is 3.06 bits per heavy atom. The summed E-state index contributed by atoms with van der Waals surface area (Å²) in [6, 6.07) is 1.54. The highest BCUT2D eigenvalue weighted by Gasteiger charge is 2.22. The Balaban J connectivity index is 1.78. The van der Waals surface area contributed by atoms with Gasteiger partial charge in [-0.25, -0.2) is 0 Å². The van der Waals surface area contributed by atoms with Crippen molar-refractivity contribution in [1.29, 1.82) is 0 Å². The topological polar surface area (TPSA) is 87.4 Å². The zero-order chi connectivity index (χ0) is 12.1. The van der Waals surface area contributed by atoms with Gasteiger partial charge < -0.3 is 20.3 Å². The summed E-state index contributed by atoms with van der Waals surface area (Å²) in [5.74, 6) is 0.325. The Kier molecular flexibility index (Phi) is 4.11. The van der Waals surface area contributed by atoms with E-state index in [1.807, 2.05) is 0 Å². The molecule has 2 rings (SSSR count). The average Bonchev–Trinajstić information content (AvgIpc) is 2.83. The van der Waals surface area contributed by atoms with Gasteiger partial charge in [0.15, 0.2) is 5.82 Å². The Morgan fingerprint density at radius 1 is 1.65 bits per heavy atom. The highest BCUT2D eigenvalue weighted by molar-refractivity contribution is 5.92. The van der Waals surface area contributed by atoms with Crippen molar-refractivity contribution in [3.05, 3.63) is 12.3 Å². The van der Waals surface area contributed by atoms with E-state index in [0.29, 0.717) is 18.2 Å². The monoisotopic (exact) mass is 239 g/mol. The third-order valence-corrected chi connectivity index (χ3v) is 3.01. The number of amides is 1. The number of piperidine rings is 1. The van der Waals surface area contributed by atoms with Crippen LogP contribution in [0.4, 0.5) is 5.82 Å². The molecule has 94 valence electrons. The molecular weight excluding hydrogens is 222 g/mol. The number of aliphatic hydroxyl groups excluding tert-OH is 1. The third-order valence-electron chi connectivity index (χ3n) is 3.01. The van der Waals surface area contributed by atoms with Crippen LogP contribution in [0.1, 0.15) is 19.3 Å². The van der Waals surface area contributed by atoms with Crippen LogP contribution in [0.5, 0.6) is 0 Å². The molecule has 6 nitrogen and oxygen atoms in total. The van der Waals surface area contributed by atoms with E-state index in [0.717, 1.165) is 25.9 Å². The van der Waals surface area contributed by atoms with Gasteiger partial charge in [-0.05, 0) is 38.3 Å². The lowest BCUT2D eigenvalue weighted by atomic mass is 9.92. The molecule has 0 bridgehead atoms. The van der Waals surface area contributed by atoms with Crippen molar-refractivity contribution >= 4 is 11.7 Å². The molecule has 0 saturated carbocycles. The summed E-state index contributed by atoms with van der Waals surface area (Å²) in [5.41, 5.74) is 0. The molecule has 3 N–H and O–H groups in total. The van der Waals surface area contributed by atoms with Gasteiger partial charge in [0.2, 0.25) is 0 Å². The summed E-state index contributed by atoms with van der Waals surface area (Å²) in [5, 5.41) is 19.1. The number of carbonyl (C=O) groups is 1. The number of anilines is 1. The maximum absolute atomic E-state index is 11.6. The fraction of sp³-hybridized carbons (Fsp3) is 0.636. The number of hydrogen-bond donors (Lipinski definition) is 3. The zero-order valence-electron chi connectivity index (χ0n) is 9.56. The lowest BCUT2D eigenvalue weighted by molar-refractivity contribution is -0.125. The predicted octanol–water partition coefficient (Wildman–Crippen LogP) is 0.364. The minimum atomic E-state index is -0.977. The SMILES string of the molecule is O=C(Nc1ccon1)C(O)CC1CCNCC1. The maximum Gasteiger partial charge on any atom is 0.254 e. The van der Waals surface area contributed by atoms with Crippen molar-refractivity contribution in [2.45, 2.75) is 25.4 Å². The van der Waals surface area contributed by atoms with E-state index in [9.17, 15) is 9.90 Å². The molecule has 0 radical (unpaired) electrons.